The SMILES string of the molecule is CS(=O)(=O)c1ccc(-c2cccc3nc(Nc4ccc(N5CCN(C(=O)CCCCNc6c(C7CCC(=O)NC7=O)ccc7c6C(=O)NC7=O)CC5)cc4)nn23)cc1. The molecule has 0 radical (unpaired) electrons. The van der Waals surface area contributed by atoms with Crippen molar-refractivity contribution in [2.45, 2.75) is 42.9 Å². The molecule has 58 heavy (non-hydrogen) atoms. The maximum Gasteiger partial charge on any atom is 0.261 e. The van der Waals surface area contributed by atoms with E-state index in [1.54, 1.807) is 34.8 Å². The number of nitrogens with zero attached hydrogens (tertiary/aromatic N) is 5. The number of sulfone groups is 1. The molecule has 298 valence electrons. The van der Waals surface area contributed by atoms with Gasteiger partial charge in [-0.2, -0.15) is 4.98 Å². The summed E-state index contributed by atoms with van der Waals surface area (Å²) in [4.78, 5) is 71.6. The lowest BCUT2D eigenvalue weighted by Crippen LogP contribution is -2.48. The van der Waals surface area contributed by atoms with E-state index < -0.39 is 33.5 Å². The van der Waals surface area contributed by atoms with E-state index >= 15 is 0 Å². The number of imide groups is 2. The second-order valence-electron chi connectivity index (χ2n) is 14.6. The molecule has 3 aliphatic rings. The first-order chi connectivity index (χ1) is 27.9. The van der Waals surface area contributed by atoms with E-state index in [4.69, 9.17) is 0 Å². The molecule has 3 aliphatic heterocycles. The van der Waals surface area contributed by atoms with Crippen LogP contribution in [0.1, 0.15) is 64.3 Å². The number of rotatable bonds is 12. The van der Waals surface area contributed by atoms with Gasteiger partial charge in [-0.25, -0.2) is 12.9 Å². The van der Waals surface area contributed by atoms with Gasteiger partial charge < -0.3 is 20.4 Å². The smallest absolute Gasteiger partial charge is 0.261 e. The average Bonchev–Trinajstić information content (AvgIpc) is 3.76. The number of pyridine rings is 1. The third kappa shape index (κ3) is 7.84. The number of hydrogen-bond acceptors (Lipinski definition) is 12. The fraction of sp³-hybridized carbons (Fsp3) is 0.293. The number of hydrogen-bond donors (Lipinski definition) is 4. The van der Waals surface area contributed by atoms with Gasteiger partial charge >= 0.3 is 0 Å². The quantitative estimate of drug-likeness (QED) is 0.105. The minimum Gasteiger partial charge on any atom is -0.384 e. The van der Waals surface area contributed by atoms with Crippen molar-refractivity contribution in [3.63, 3.8) is 0 Å². The van der Waals surface area contributed by atoms with Crippen LogP contribution in [0, 0.1) is 0 Å². The van der Waals surface area contributed by atoms with Crippen molar-refractivity contribution >= 4 is 68.0 Å². The summed E-state index contributed by atoms with van der Waals surface area (Å²) < 4.78 is 25.5. The highest BCUT2D eigenvalue weighted by molar-refractivity contribution is 7.90. The number of aromatic nitrogens is 3. The molecule has 16 nitrogen and oxygen atoms in total. The van der Waals surface area contributed by atoms with Crippen molar-refractivity contribution in [3.8, 4) is 11.3 Å². The molecule has 3 aromatic carbocycles. The molecule has 2 saturated heterocycles. The molecule has 4 N–H and O–H groups in total. The Hall–Kier alpha value is -6.62. The van der Waals surface area contributed by atoms with E-state index in [0.29, 0.717) is 81.3 Å². The lowest BCUT2D eigenvalue weighted by molar-refractivity contribution is -0.134. The Balaban J connectivity index is 0.817. The van der Waals surface area contributed by atoms with Gasteiger partial charge in [0.05, 0.1) is 33.3 Å². The van der Waals surface area contributed by atoms with Crippen molar-refractivity contribution in [1.29, 1.82) is 0 Å². The van der Waals surface area contributed by atoms with Crippen LogP contribution in [0.2, 0.25) is 0 Å². The van der Waals surface area contributed by atoms with E-state index in [2.05, 4.69) is 36.2 Å². The van der Waals surface area contributed by atoms with Gasteiger partial charge in [-0.05, 0) is 79.4 Å². The van der Waals surface area contributed by atoms with E-state index in [-0.39, 0.29) is 34.3 Å². The van der Waals surface area contributed by atoms with Crippen molar-refractivity contribution in [2.75, 3.05) is 54.5 Å². The Morgan fingerprint density at radius 3 is 2.34 bits per heavy atom. The summed E-state index contributed by atoms with van der Waals surface area (Å²) in [6, 6.07) is 23.5. The number of amides is 5. The monoisotopic (exact) mass is 803 g/mol. The molecular formula is C41H41N9O7S. The van der Waals surface area contributed by atoms with E-state index in [0.717, 1.165) is 22.6 Å². The summed E-state index contributed by atoms with van der Waals surface area (Å²) in [5.41, 5.74) is 5.47. The fourth-order valence-corrected chi connectivity index (χ4v) is 8.30. The van der Waals surface area contributed by atoms with Crippen LogP contribution in [0.4, 0.5) is 23.0 Å². The van der Waals surface area contributed by atoms with Crippen LogP contribution in [0.3, 0.4) is 0 Å². The van der Waals surface area contributed by atoms with Crippen LogP contribution in [0.15, 0.2) is 83.8 Å². The minimum atomic E-state index is -3.31. The highest BCUT2D eigenvalue weighted by Crippen LogP contribution is 2.36. The maximum atomic E-state index is 13.1. The van der Waals surface area contributed by atoms with Crippen molar-refractivity contribution in [2.24, 2.45) is 0 Å². The molecule has 8 rings (SSSR count). The molecule has 1 atom stereocenters. The topological polar surface area (TPSA) is 204 Å². The van der Waals surface area contributed by atoms with Crippen LogP contribution in [0.25, 0.3) is 16.9 Å². The highest BCUT2D eigenvalue weighted by Gasteiger charge is 2.36. The standard InChI is InChI=1S/C41H41N9O7S/c1-58(56,57)28-14-8-25(9-15-28)32-5-4-6-33-44-41(47-50(32)33)43-26-10-12-27(13-11-26)48-21-23-49(24-22-48)35(52)7-2-3-20-42-37-29(30-18-19-34(51)45-38(30)53)16-17-31-36(37)40(55)46-39(31)54/h4-6,8-17,30,42H,2-3,7,18-24H2,1H3,(H,43,47)(H,45,51,53)(H,46,54,55). The molecule has 0 spiro atoms. The molecule has 2 fully saturated rings. The zero-order valence-corrected chi connectivity index (χ0v) is 32.5. The summed E-state index contributed by atoms with van der Waals surface area (Å²) in [7, 11) is -3.31. The minimum absolute atomic E-state index is 0.0723. The second kappa shape index (κ2) is 15.7. The predicted octanol–water partition coefficient (Wildman–Crippen LogP) is 3.88. The van der Waals surface area contributed by atoms with Crippen molar-refractivity contribution < 1.29 is 32.4 Å². The van der Waals surface area contributed by atoms with Crippen LogP contribution in [-0.4, -0.2) is 96.4 Å². The van der Waals surface area contributed by atoms with E-state index in [1.807, 2.05) is 47.4 Å². The average molecular weight is 804 g/mol. The van der Waals surface area contributed by atoms with Crippen LogP contribution >= 0.6 is 0 Å². The first-order valence-electron chi connectivity index (χ1n) is 19.1. The highest BCUT2D eigenvalue weighted by atomic mass is 32.2. The molecule has 0 aliphatic carbocycles. The number of nitrogens with one attached hydrogen (secondary N) is 4. The number of fused-ring (bicyclic) bond motifs is 2. The van der Waals surface area contributed by atoms with E-state index in [1.165, 1.54) is 12.3 Å². The Morgan fingerprint density at radius 2 is 1.62 bits per heavy atom. The Labute approximate surface area is 333 Å². The van der Waals surface area contributed by atoms with Gasteiger partial charge in [-0.1, -0.05) is 24.3 Å². The van der Waals surface area contributed by atoms with Crippen LogP contribution in [0.5, 0.6) is 0 Å². The number of carbonyl (C=O) groups excluding carboxylic acids is 5. The zero-order valence-electron chi connectivity index (χ0n) is 31.7. The number of unbranched alkanes of at least 4 members (excludes halogenated alkanes) is 1. The summed E-state index contributed by atoms with van der Waals surface area (Å²) in [6.07, 6.45) is 3.25. The largest absolute Gasteiger partial charge is 0.384 e. The molecule has 0 saturated carbocycles. The lowest BCUT2D eigenvalue weighted by atomic mass is 9.87. The number of piperazine rings is 1. The normalized spacial score (nSPS) is 16.9. The molecule has 1 unspecified atom stereocenters. The van der Waals surface area contributed by atoms with Gasteiger partial charge in [-0.3, -0.25) is 34.6 Å². The van der Waals surface area contributed by atoms with Gasteiger partial charge in [0.25, 0.3) is 11.8 Å². The van der Waals surface area contributed by atoms with Gasteiger partial charge in [0.2, 0.25) is 23.7 Å². The number of anilines is 4. The fourth-order valence-electron chi connectivity index (χ4n) is 7.67. The predicted molar refractivity (Wildman–Crippen MR) is 216 cm³/mol. The van der Waals surface area contributed by atoms with Crippen molar-refractivity contribution in [1.82, 2.24) is 30.1 Å². The molecule has 5 heterocycles. The first-order valence-corrected chi connectivity index (χ1v) is 21.0. The van der Waals surface area contributed by atoms with Crippen LogP contribution < -0.4 is 26.2 Å². The Morgan fingerprint density at radius 1 is 0.862 bits per heavy atom. The van der Waals surface area contributed by atoms with Gasteiger partial charge in [-0.15, -0.1) is 5.10 Å². The van der Waals surface area contributed by atoms with E-state index in [9.17, 15) is 32.4 Å². The number of piperidine rings is 1. The van der Waals surface area contributed by atoms with Gasteiger partial charge in [0, 0.05) is 68.8 Å². The third-order valence-corrected chi connectivity index (χ3v) is 11.9. The molecule has 5 aromatic rings. The first kappa shape index (κ1) is 38.3. The second-order valence-corrected chi connectivity index (χ2v) is 16.6. The lowest BCUT2D eigenvalue weighted by Gasteiger charge is -2.36. The summed E-state index contributed by atoms with van der Waals surface area (Å²) in [5, 5.41) is 15.9. The zero-order chi connectivity index (χ0) is 40.6. The van der Waals surface area contributed by atoms with Gasteiger partial charge in [0.1, 0.15) is 0 Å². The molecule has 5 amide bonds. The molecule has 17 heteroatoms. The summed E-state index contributed by atoms with van der Waals surface area (Å²) in [6.45, 7) is 2.98. The summed E-state index contributed by atoms with van der Waals surface area (Å²) in [5.74, 6) is -1.95. The van der Waals surface area contributed by atoms with Crippen molar-refractivity contribution in [3.05, 3.63) is 95.6 Å². The molecule has 0 bridgehead atoms. The maximum absolute atomic E-state index is 13.1. The Kier molecular flexibility index (Phi) is 10.4. The third-order valence-electron chi connectivity index (χ3n) is 10.7. The number of carbonyl (C=O) groups is 5. The molecule has 2 aromatic heterocycles. The molecular weight excluding hydrogens is 763 g/mol. The summed E-state index contributed by atoms with van der Waals surface area (Å²) >= 11 is 0. The van der Waals surface area contributed by atoms with Gasteiger partial charge in [0.15, 0.2) is 15.5 Å². The Bertz CT molecular complexity index is 2560. The number of benzene rings is 3. The van der Waals surface area contributed by atoms with Crippen LogP contribution in [-0.2, 0) is 24.2 Å².